The van der Waals surface area contributed by atoms with Crippen LogP contribution in [0, 0.1) is 6.92 Å². The number of amides is 1. The van der Waals surface area contributed by atoms with Gasteiger partial charge in [-0.15, -0.1) is 0 Å². The fourth-order valence-electron chi connectivity index (χ4n) is 5.35. The number of morpholine rings is 1. The highest BCUT2D eigenvalue weighted by Crippen LogP contribution is 2.40. The Morgan fingerprint density at radius 1 is 1.02 bits per heavy atom. The topological polar surface area (TPSA) is 79.3 Å². The first-order valence-electron chi connectivity index (χ1n) is 14.5. The van der Waals surface area contributed by atoms with Crippen molar-refractivity contribution in [2.45, 2.75) is 65.3 Å². The number of aliphatic hydroxyl groups is 1. The summed E-state index contributed by atoms with van der Waals surface area (Å²) < 4.78 is 11.3. The minimum Gasteiger partial charge on any atom is -0.507 e. The Labute approximate surface area is 238 Å². The number of nitrogens with zero attached hydrogens (tertiary/aromatic N) is 2. The first-order valence-corrected chi connectivity index (χ1v) is 14.5. The fourth-order valence-corrected chi connectivity index (χ4v) is 5.35. The van der Waals surface area contributed by atoms with Crippen molar-refractivity contribution < 1.29 is 24.2 Å². The minimum absolute atomic E-state index is 0.0308. The maximum absolute atomic E-state index is 13.5. The number of aryl methyl sites for hydroxylation is 1. The second kappa shape index (κ2) is 13.0. The van der Waals surface area contributed by atoms with Crippen LogP contribution in [0.5, 0.6) is 5.75 Å². The van der Waals surface area contributed by atoms with E-state index in [4.69, 9.17) is 9.47 Å². The summed E-state index contributed by atoms with van der Waals surface area (Å²) in [5, 5.41) is 11.5. The van der Waals surface area contributed by atoms with E-state index in [1.807, 2.05) is 31.2 Å². The third kappa shape index (κ3) is 6.76. The van der Waals surface area contributed by atoms with Gasteiger partial charge in [-0.05, 0) is 60.1 Å². The van der Waals surface area contributed by atoms with E-state index < -0.39 is 17.7 Å². The number of unbranched alkanes of at least 4 members (excludes halogenated alkanes) is 1. The second-order valence-electron chi connectivity index (χ2n) is 11.9. The lowest BCUT2D eigenvalue weighted by Crippen LogP contribution is -2.39. The standard InChI is InChI=1S/C33H44N2O5/c1-6-7-19-40-27-14-11-25(22-23(27)2)30(36)28-29(24-9-12-26(13-10-24)33(3,4)5)35(32(38)31(28)37)16-8-15-34-17-20-39-21-18-34/h9-14,22,29,36H,6-8,15-21H2,1-5H3/b30-28+. The van der Waals surface area contributed by atoms with Crippen LogP contribution in [0.4, 0.5) is 0 Å². The minimum atomic E-state index is -0.653. The molecule has 1 amide bonds. The summed E-state index contributed by atoms with van der Waals surface area (Å²) in [7, 11) is 0. The molecule has 1 atom stereocenters. The Morgan fingerprint density at radius 3 is 2.35 bits per heavy atom. The number of hydrogen-bond donors (Lipinski definition) is 1. The van der Waals surface area contributed by atoms with Crippen LogP contribution in [0.3, 0.4) is 0 Å². The molecular formula is C33H44N2O5. The third-order valence-electron chi connectivity index (χ3n) is 7.81. The van der Waals surface area contributed by atoms with Crippen LogP contribution >= 0.6 is 0 Å². The van der Waals surface area contributed by atoms with Crippen molar-refractivity contribution in [1.29, 1.82) is 0 Å². The van der Waals surface area contributed by atoms with Crippen molar-refractivity contribution in [1.82, 2.24) is 9.80 Å². The Bertz CT molecular complexity index is 1220. The number of carbonyl (C=O) groups excluding carboxylic acids is 2. The van der Waals surface area contributed by atoms with Gasteiger partial charge in [0.25, 0.3) is 11.7 Å². The Balaban J connectivity index is 1.67. The van der Waals surface area contributed by atoms with E-state index >= 15 is 0 Å². The van der Waals surface area contributed by atoms with E-state index in [0.717, 1.165) is 61.3 Å². The van der Waals surface area contributed by atoms with Gasteiger partial charge in [-0.2, -0.15) is 0 Å². The van der Waals surface area contributed by atoms with Crippen molar-refractivity contribution in [3.8, 4) is 5.75 Å². The van der Waals surface area contributed by atoms with Gasteiger partial charge in [0.2, 0.25) is 0 Å². The van der Waals surface area contributed by atoms with Crippen LogP contribution in [-0.4, -0.2) is 72.6 Å². The van der Waals surface area contributed by atoms with Gasteiger partial charge in [0.05, 0.1) is 31.4 Å². The van der Waals surface area contributed by atoms with Crippen LogP contribution < -0.4 is 4.74 Å². The molecule has 2 aliphatic rings. The van der Waals surface area contributed by atoms with E-state index in [2.05, 4.69) is 44.7 Å². The fraction of sp³-hybridized carbons (Fsp3) is 0.515. The third-order valence-corrected chi connectivity index (χ3v) is 7.81. The zero-order chi connectivity index (χ0) is 28.9. The highest BCUT2D eigenvalue weighted by molar-refractivity contribution is 6.46. The van der Waals surface area contributed by atoms with Gasteiger partial charge in [-0.25, -0.2) is 0 Å². The van der Waals surface area contributed by atoms with E-state index in [1.54, 1.807) is 11.0 Å². The van der Waals surface area contributed by atoms with Crippen molar-refractivity contribution in [2.24, 2.45) is 0 Å². The number of rotatable bonds is 10. The summed E-state index contributed by atoms with van der Waals surface area (Å²) in [6, 6.07) is 12.8. The zero-order valence-corrected chi connectivity index (χ0v) is 24.7. The first kappa shape index (κ1) is 29.8. The van der Waals surface area contributed by atoms with Gasteiger partial charge in [0.15, 0.2) is 0 Å². The van der Waals surface area contributed by atoms with Crippen LogP contribution in [0.15, 0.2) is 48.0 Å². The molecule has 2 aromatic carbocycles. The summed E-state index contributed by atoms with van der Waals surface area (Å²) in [6.07, 6.45) is 2.73. The number of ketones is 1. The van der Waals surface area contributed by atoms with Gasteiger partial charge in [0.1, 0.15) is 11.5 Å². The maximum atomic E-state index is 13.5. The van der Waals surface area contributed by atoms with E-state index in [-0.39, 0.29) is 16.7 Å². The Morgan fingerprint density at radius 2 is 1.73 bits per heavy atom. The molecule has 0 radical (unpaired) electrons. The van der Waals surface area contributed by atoms with Crippen molar-refractivity contribution in [2.75, 3.05) is 46.0 Å². The molecule has 0 bridgehead atoms. The zero-order valence-electron chi connectivity index (χ0n) is 24.7. The summed E-state index contributed by atoms with van der Waals surface area (Å²) in [4.78, 5) is 30.8. The molecule has 0 saturated carbocycles. The lowest BCUT2D eigenvalue weighted by atomic mass is 9.85. The Kier molecular flexibility index (Phi) is 9.69. The molecule has 2 aromatic rings. The van der Waals surface area contributed by atoms with E-state index in [0.29, 0.717) is 31.9 Å². The predicted molar refractivity (Wildman–Crippen MR) is 158 cm³/mol. The van der Waals surface area contributed by atoms with Gasteiger partial charge >= 0.3 is 0 Å². The highest BCUT2D eigenvalue weighted by atomic mass is 16.5. The molecule has 0 aliphatic carbocycles. The number of benzene rings is 2. The van der Waals surface area contributed by atoms with E-state index in [1.165, 1.54) is 0 Å². The number of aliphatic hydroxyl groups excluding tert-OH is 1. The number of Topliss-reactive ketones (excluding diaryl/α,β-unsaturated/α-hetero) is 1. The molecule has 40 heavy (non-hydrogen) atoms. The van der Waals surface area contributed by atoms with Crippen LogP contribution in [0.1, 0.15) is 75.3 Å². The molecule has 0 spiro atoms. The summed E-state index contributed by atoms with van der Waals surface area (Å²) in [5.74, 6) is -0.607. The monoisotopic (exact) mass is 548 g/mol. The number of carbonyl (C=O) groups is 2. The van der Waals surface area contributed by atoms with Gasteiger partial charge < -0.3 is 19.5 Å². The molecule has 216 valence electrons. The average molecular weight is 549 g/mol. The largest absolute Gasteiger partial charge is 0.507 e. The SMILES string of the molecule is CCCCOc1ccc(/C(O)=C2\C(=O)C(=O)N(CCCN3CCOCC3)C2c2ccc(C(C)(C)C)cc2)cc1C. The average Bonchev–Trinajstić information content (AvgIpc) is 3.19. The molecule has 7 nitrogen and oxygen atoms in total. The molecule has 2 fully saturated rings. The molecule has 2 saturated heterocycles. The number of likely N-dealkylation sites (tertiary alicyclic amines) is 1. The van der Waals surface area contributed by atoms with Gasteiger partial charge in [-0.3, -0.25) is 14.5 Å². The molecule has 2 aliphatic heterocycles. The van der Waals surface area contributed by atoms with Crippen molar-refractivity contribution in [3.05, 3.63) is 70.3 Å². The first-order chi connectivity index (χ1) is 19.1. The van der Waals surface area contributed by atoms with Crippen LogP contribution in [0.2, 0.25) is 0 Å². The quantitative estimate of drug-likeness (QED) is 0.180. The van der Waals surface area contributed by atoms with E-state index in [9.17, 15) is 14.7 Å². The molecule has 2 heterocycles. The predicted octanol–water partition coefficient (Wildman–Crippen LogP) is 5.62. The highest BCUT2D eigenvalue weighted by Gasteiger charge is 2.46. The second-order valence-corrected chi connectivity index (χ2v) is 11.9. The number of ether oxygens (including phenoxy) is 2. The normalized spacial score (nSPS) is 19.8. The molecule has 1 unspecified atom stereocenters. The lowest BCUT2D eigenvalue weighted by molar-refractivity contribution is -0.140. The smallest absolute Gasteiger partial charge is 0.295 e. The lowest BCUT2D eigenvalue weighted by Gasteiger charge is -2.29. The molecule has 0 aromatic heterocycles. The van der Waals surface area contributed by atoms with Crippen molar-refractivity contribution in [3.63, 3.8) is 0 Å². The van der Waals surface area contributed by atoms with Gasteiger partial charge in [0, 0.05) is 31.7 Å². The molecule has 4 rings (SSSR count). The van der Waals surface area contributed by atoms with Crippen LogP contribution in [0.25, 0.3) is 5.76 Å². The van der Waals surface area contributed by atoms with Crippen molar-refractivity contribution >= 4 is 17.4 Å². The summed E-state index contributed by atoms with van der Waals surface area (Å²) >= 11 is 0. The summed E-state index contributed by atoms with van der Waals surface area (Å²) in [5.41, 5.74) is 3.45. The number of hydrogen-bond acceptors (Lipinski definition) is 6. The maximum Gasteiger partial charge on any atom is 0.295 e. The van der Waals surface area contributed by atoms with Crippen LogP contribution in [-0.2, 0) is 19.7 Å². The Hall–Kier alpha value is -3.16. The summed E-state index contributed by atoms with van der Waals surface area (Å²) in [6.45, 7) is 15.5. The molecule has 1 N–H and O–H groups in total. The molecule has 7 heteroatoms. The van der Waals surface area contributed by atoms with Gasteiger partial charge in [-0.1, -0.05) is 58.4 Å². The molecular weight excluding hydrogens is 504 g/mol.